The van der Waals surface area contributed by atoms with E-state index in [2.05, 4.69) is 5.32 Å². The molecule has 0 aromatic heterocycles. The number of nitrogens with one attached hydrogen (secondary N) is 1. The van der Waals surface area contributed by atoms with Gasteiger partial charge in [-0.1, -0.05) is 17.7 Å². The number of imide groups is 2. The van der Waals surface area contributed by atoms with Crippen molar-refractivity contribution in [3.05, 3.63) is 34.9 Å². The molecule has 0 aliphatic carbocycles. The molecule has 1 atom stereocenters. The lowest BCUT2D eigenvalue weighted by molar-refractivity contribution is -0.143. The quantitative estimate of drug-likeness (QED) is 0.754. The Hall–Kier alpha value is -2.50. The molecule has 2 aliphatic heterocycles. The number of aryl methyl sites for hydroxylation is 1. The van der Waals surface area contributed by atoms with Gasteiger partial charge in [-0.2, -0.15) is 0 Å². The summed E-state index contributed by atoms with van der Waals surface area (Å²) >= 11 is 0. The van der Waals surface area contributed by atoms with Crippen molar-refractivity contribution in [3.63, 3.8) is 0 Å². The van der Waals surface area contributed by atoms with Crippen LogP contribution in [0.3, 0.4) is 0 Å². The molecule has 0 saturated carbocycles. The van der Waals surface area contributed by atoms with Crippen LogP contribution in [-0.4, -0.2) is 34.6 Å². The van der Waals surface area contributed by atoms with E-state index >= 15 is 0 Å². The zero-order valence-corrected chi connectivity index (χ0v) is 11.5. The summed E-state index contributed by atoms with van der Waals surface area (Å²) in [6.07, 6.45) is 0.413. The van der Waals surface area contributed by atoms with Crippen molar-refractivity contribution in [1.29, 1.82) is 0 Å². The number of nitrogens with zero attached hydrogens (tertiary/aromatic N) is 1. The Morgan fingerprint density at radius 3 is 2.67 bits per heavy atom. The van der Waals surface area contributed by atoms with E-state index < -0.39 is 23.8 Å². The summed E-state index contributed by atoms with van der Waals surface area (Å²) in [5.41, 5.74) is 2.05. The third kappa shape index (κ3) is 2.22. The van der Waals surface area contributed by atoms with Crippen molar-refractivity contribution in [2.45, 2.75) is 32.2 Å². The first kappa shape index (κ1) is 13.5. The zero-order valence-electron chi connectivity index (χ0n) is 11.5. The van der Waals surface area contributed by atoms with Crippen molar-refractivity contribution in [3.8, 4) is 0 Å². The average Bonchev–Trinajstić information content (AvgIpc) is 2.42. The van der Waals surface area contributed by atoms with E-state index in [0.29, 0.717) is 11.1 Å². The lowest BCUT2D eigenvalue weighted by Gasteiger charge is -2.34. The third-order valence-corrected chi connectivity index (χ3v) is 3.85. The van der Waals surface area contributed by atoms with Crippen molar-refractivity contribution < 1.29 is 19.2 Å². The van der Waals surface area contributed by atoms with Gasteiger partial charge in [0.05, 0.1) is 6.42 Å². The standard InChI is InChI=1S/C15H14N2O4/c1-8-2-3-9-7-13(19)17(15(21)10(9)6-8)11-4-5-12(18)16-14(11)20/h2-3,6,11H,4-5,7H2,1H3,(H,16,18,20). The number of hydrogen-bond acceptors (Lipinski definition) is 4. The number of carbonyl (C=O) groups excluding carboxylic acids is 4. The van der Waals surface area contributed by atoms with Crippen molar-refractivity contribution in [2.24, 2.45) is 0 Å². The molecule has 1 saturated heterocycles. The molecule has 4 amide bonds. The molecule has 1 unspecified atom stereocenters. The van der Waals surface area contributed by atoms with Crippen LogP contribution in [0.5, 0.6) is 0 Å². The molecule has 6 heteroatoms. The zero-order chi connectivity index (χ0) is 15.1. The largest absolute Gasteiger partial charge is 0.295 e. The van der Waals surface area contributed by atoms with Gasteiger partial charge in [0.25, 0.3) is 5.91 Å². The summed E-state index contributed by atoms with van der Waals surface area (Å²) in [5.74, 6) is -1.81. The molecule has 0 spiro atoms. The summed E-state index contributed by atoms with van der Waals surface area (Å²) in [6, 6.07) is 4.45. The first-order valence-electron chi connectivity index (χ1n) is 6.77. The van der Waals surface area contributed by atoms with Gasteiger partial charge in [0.2, 0.25) is 17.7 Å². The Balaban J connectivity index is 1.97. The van der Waals surface area contributed by atoms with Crippen LogP contribution in [0.25, 0.3) is 0 Å². The Bertz CT molecular complexity index is 680. The maximum Gasteiger partial charge on any atom is 0.261 e. The monoisotopic (exact) mass is 286 g/mol. The van der Waals surface area contributed by atoms with E-state index in [1.165, 1.54) is 0 Å². The topological polar surface area (TPSA) is 83.6 Å². The van der Waals surface area contributed by atoms with E-state index in [4.69, 9.17) is 0 Å². The smallest absolute Gasteiger partial charge is 0.261 e. The molecule has 1 aromatic carbocycles. The third-order valence-electron chi connectivity index (χ3n) is 3.85. The molecular weight excluding hydrogens is 272 g/mol. The average molecular weight is 286 g/mol. The van der Waals surface area contributed by atoms with Gasteiger partial charge in [-0.25, -0.2) is 0 Å². The van der Waals surface area contributed by atoms with Gasteiger partial charge in [-0.3, -0.25) is 29.4 Å². The van der Waals surface area contributed by atoms with Gasteiger partial charge < -0.3 is 0 Å². The Morgan fingerprint density at radius 1 is 1.19 bits per heavy atom. The lowest BCUT2D eigenvalue weighted by Crippen LogP contribution is -2.57. The summed E-state index contributed by atoms with van der Waals surface area (Å²) in [5, 5.41) is 2.18. The van der Waals surface area contributed by atoms with Gasteiger partial charge in [0, 0.05) is 12.0 Å². The predicted molar refractivity (Wildman–Crippen MR) is 72.2 cm³/mol. The first-order chi connectivity index (χ1) is 9.97. The van der Waals surface area contributed by atoms with Crippen LogP contribution in [-0.2, 0) is 20.8 Å². The molecular formula is C15H14N2O4. The molecule has 2 aliphatic rings. The second kappa shape index (κ2) is 4.80. The number of carbonyl (C=O) groups is 4. The minimum absolute atomic E-state index is 0.0963. The highest BCUT2D eigenvalue weighted by Crippen LogP contribution is 2.25. The van der Waals surface area contributed by atoms with E-state index in [0.717, 1.165) is 10.5 Å². The van der Waals surface area contributed by atoms with Crippen LogP contribution >= 0.6 is 0 Å². The SMILES string of the molecule is Cc1ccc2c(c1)C(=O)N(C1CCC(=O)NC1=O)C(=O)C2. The van der Waals surface area contributed by atoms with E-state index in [1.54, 1.807) is 12.1 Å². The number of benzene rings is 1. The Labute approximate surface area is 121 Å². The summed E-state index contributed by atoms with van der Waals surface area (Å²) in [6.45, 7) is 1.86. The minimum Gasteiger partial charge on any atom is -0.295 e. The van der Waals surface area contributed by atoms with Crippen LogP contribution in [0.1, 0.15) is 34.3 Å². The second-order valence-corrected chi connectivity index (χ2v) is 5.37. The molecule has 3 rings (SSSR count). The summed E-state index contributed by atoms with van der Waals surface area (Å²) < 4.78 is 0. The molecule has 6 nitrogen and oxygen atoms in total. The number of rotatable bonds is 1. The second-order valence-electron chi connectivity index (χ2n) is 5.37. The van der Waals surface area contributed by atoms with E-state index in [1.807, 2.05) is 13.0 Å². The maximum atomic E-state index is 12.5. The van der Waals surface area contributed by atoms with Crippen LogP contribution in [0.4, 0.5) is 0 Å². The maximum absolute atomic E-state index is 12.5. The first-order valence-corrected chi connectivity index (χ1v) is 6.77. The predicted octanol–water partition coefficient (Wildman–Crippen LogP) is 0.325. The van der Waals surface area contributed by atoms with Crippen LogP contribution in [0, 0.1) is 6.92 Å². The van der Waals surface area contributed by atoms with Crippen LogP contribution in [0.15, 0.2) is 18.2 Å². The molecule has 108 valence electrons. The van der Waals surface area contributed by atoms with Gasteiger partial charge >= 0.3 is 0 Å². The van der Waals surface area contributed by atoms with Crippen molar-refractivity contribution in [2.75, 3.05) is 0 Å². The van der Waals surface area contributed by atoms with Gasteiger partial charge in [0.15, 0.2) is 0 Å². The Morgan fingerprint density at radius 2 is 1.95 bits per heavy atom. The number of piperidine rings is 1. The van der Waals surface area contributed by atoms with E-state index in [-0.39, 0.29) is 25.2 Å². The number of hydrogen-bond donors (Lipinski definition) is 1. The normalized spacial score (nSPS) is 22.1. The minimum atomic E-state index is -0.892. The van der Waals surface area contributed by atoms with Crippen molar-refractivity contribution >= 4 is 23.6 Å². The molecule has 1 N–H and O–H groups in total. The molecule has 1 aromatic rings. The molecule has 1 fully saturated rings. The fraction of sp³-hybridized carbons (Fsp3) is 0.333. The number of amides is 4. The molecule has 21 heavy (non-hydrogen) atoms. The van der Waals surface area contributed by atoms with E-state index in [9.17, 15) is 19.2 Å². The van der Waals surface area contributed by atoms with Crippen LogP contribution < -0.4 is 5.32 Å². The van der Waals surface area contributed by atoms with Crippen LogP contribution in [0.2, 0.25) is 0 Å². The highest BCUT2D eigenvalue weighted by molar-refractivity contribution is 6.13. The highest BCUT2D eigenvalue weighted by Gasteiger charge is 2.41. The summed E-state index contributed by atoms with van der Waals surface area (Å²) in [7, 11) is 0. The molecule has 2 heterocycles. The van der Waals surface area contributed by atoms with Crippen molar-refractivity contribution in [1.82, 2.24) is 10.2 Å². The summed E-state index contributed by atoms with van der Waals surface area (Å²) in [4.78, 5) is 48.9. The highest BCUT2D eigenvalue weighted by atomic mass is 16.2. The number of fused-ring (bicyclic) bond motifs is 1. The molecule has 0 bridgehead atoms. The molecule has 0 radical (unpaired) electrons. The van der Waals surface area contributed by atoms with Gasteiger partial charge in [-0.15, -0.1) is 0 Å². The fourth-order valence-electron chi connectivity index (χ4n) is 2.78. The fourth-order valence-corrected chi connectivity index (χ4v) is 2.78. The lowest BCUT2D eigenvalue weighted by atomic mass is 9.93. The van der Waals surface area contributed by atoms with Gasteiger partial charge in [-0.05, 0) is 25.0 Å². The van der Waals surface area contributed by atoms with Gasteiger partial charge in [0.1, 0.15) is 6.04 Å². The Kier molecular flexibility index (Phi) is 3.08.